The normalized spacial score (nSPS) is 18.2. The van der Waals surface area contributed by atoms with Crippen LogP contribution >= 0.6 is 11.3 Å². The van der Waals surface area contributed by atoms with Gasteiger partial charge in [-0.05, 0) is 12.5 Å². The topological polar surface area (TPSA) is 138 Å². The third-order valence-electron chi connectivity index (χ3n) is 4.78. The number of carboxylic acid groups (broad SMARTS) is 1. The molecule has 1 aliphatic carbocycles. The Morgan fingerprint density at radius 3 is 2.97 bits per heavy atom. The number of aromatic nitrogens is 1. The number of nitrogens with one attached hydrogen (secondary N) is 1. The van der Waals surface area contributed by atoms with Crippen LogP contribution in [0.15, 0.2) is 40.6 Å². The second-order valence-electron chi connectivity index (χ2n) is 6.89. The number of allylic oxidation sites excluding steroid dienone is 3. The molecule has 1 aromatic rings. The van der Waals surface area contributed by atoms with Crippen LogP contribution in [-0.2, 0) is 27.3 Å². The number of nitrogens with zero attached hydrogens (tertiary/aromatic N) is 3. The minimum Gasteiger partial charge on any atom is -0.480 e. The Labute approximate surface area is 170 Å². The molecule has 0 saturated carbocycles. The van der Waals surface area contributed by atoms with Crippen molar-refractivity contribution < 1.29 is 19.5 Å². The van der Waals surface area contributed by atoms with Crippen LogP contribution in [0.5, 0.6) is 0 Å². The van der Waals surface area contributed by atoms with Crippen molar-refractivity contribution in [2.45, 2.75) is 31.8 Å². The Kier molecular flexibility index (Phi) is 5.12. The molecule has 0 spiro atoms. The Balaban J connectivity index is 1.41. The van der Waals surface area contributed by atoms with Gasteiger partial charge in [0, 0.05) is 23.4 Å². The minimum atomic E-state index is -1.26. The molecule has 0 aromatic carbocycles. The quantitative estimate of drug-likeness (QED) is 0.658. The van der Waals surface area contributed by atoms with Gasteiger partial charge in [-0.25, -0.2) is 9.98 Å². The van der Waals surface area contributed by atoms with Gasteiger partial charge in [0.15, 0.2) is 5.13 Å². The van der Waals surface area contributed by atoms with Crippen molar-refractivity contribution in [1.29, 1.82) is 0 Å². The van der Waals surface area contributed by atoms with Gasteiger partial charge in [-0.3, -0.25) is 14.4 Å². The van der Waals surface area contributed by atoms with Gasteiger partial charge in [-0.2, -0.15) is 0 Å². The number of carbonyl (C=O) groups excluding carboxylic acids is 2. The van der Waals surface area contributed by atoms with Crippen LogP contribution in [0.25, 0.3) is 0 Å². The van der Waals surface area contributed by atoms with Crippen molar-refractivity contribution >= 4 is 40.0 Å². The predicted octanol–water partition coefficient (Wildman–Crippen LogP) is 0.993. The van der Waals surface area contributed by atoms with E-state index in [9.17, 15) is 14.4 Å². The Morgan fingerprint density at radius 1 is 1.38 bits per heavy atom. The molecule has 0 fully saturated rings. The van der Waals surface area contributed by atoms with Crippen LogP contribution in [0.4, 0.5) is 5.13 Å². The van der Waals surface area contributed by atoms with Gasteiger partial charge in [0.05, 0.1) is 24.4 Å². The number of thiazole rings is 1. The molecule has 3 heterocycles. The minimum absolute atomic E-state index is 0.127. The van der Waals surface area contributed by atoms with Crippen LogP contribution in [-0.4, -0.2) is 51.1 Å². The first-order chi connectivity index (χ1) is 13.9. The molecule has 150 valence electrons. The summed E-state index contributed by atoms with van der Waals surface area (Å²) >= 11 is 1.28. The molecule has 3 aliphatic rings. The SMILES string of the molecule is N[C@@H](CC(=O)Nc1nc2c(s1)CN(C(=O)C1=NC3=CCC=CC3=C1)CC2)C(=O)O. The molecule has 0 radical (unpaired) electrons. The average molecular weight is 413 g/mol. The number of amides is 2. The molecule has 2 amide bonds. The van der Waals surface area contributed by atoms with Crippen molar-refractivity contribution in [2.24, 2.45) is 10.7 Å². The summed E-state index contributed by atoms with van der Waals surface area (Å²) in [5.41, 5.74) is 8.45. The molecule has 10 heteroatoms. The predicted molar refractivity (Wildman–Crippen MR) is 107 cm³/mol. The summed E-state index contributed by atoms with van der Waals surface area (Å²) in [6, 6.07) is -1.26. The van der Waals surface area contributed by atoms with E-state index in [2.05, 4.69) is 15.3 Å². The van der Waals surface area contributed by atoms with Gasteiger partial charge >= 0.3 is 5.97 Å². The van der Waals surface area contributed by atoms with E-state index in [1.165, 1.54) is 11.3 Å². The fourth-order valence-corrected chi connectivity index (χ4v) is 4.31. The summed E-state index contributed by atoms with van der Waals surface area (Å²) in [5, 5.41) is 11.8. The van der Waals surface area contributed by atoms with Crippen molar-refractivity contribution in [2.75, 3.05) is 11.9 Å². The number of aliphatic imine (C=N–C) groups is 1. The average Bonchev–Trinajstić information content (AvgIpc) is 3.29. The summed E-state index contributed by atoms with van der Waals surface area (Å²) in [6.45, 7) is 0.914. The van der Waals surface area contributed by atoms with E-state index in [-0.39, 0.29) is 12.3 Å². The van der Waals surface area contributed by atoms with Gasteiger partial charge in [0.25, 0.3) is 5.91 Å². The zero-order valence-corrected chi connectivity index (χ0v) is 16.2. The van der Waals surface area contributed by atoms with Crippen LogP contribution in [0.2, 0.25) is 0 Å². The zero-order valence-electron chi connectivity index (χ0n) is 15.4. The van der Waals surface area contributed by atoms with Gasteiger partial charge < -0.3 is 21.1 Å². The molecule has 1 atom stereocenters. The lowest BCUT2D eigenvalue weighted by Crippen LogP contribution is -2.39. The monoisotopic (exact) mass is 413 g/mol. The fraction of sp³-hybridized carbons (Fsp3) is 0.316. The highest BCUT2D eigenvalue weighted by molar-refractivity contribution is 7.15. The van der Waals surface area contributed by atoms with Crippen LogP contribution in [0, 0.1) is 0 Å². The molecular weight excluding hydrogens is 394 g/mol. The Hall–Kier alpha value is -3.11. The Morgan fingerprint density at radius 2 is 2.21 bits per heavy atom. The maximum absolute atomic E-state index is 12.9. The fourth-order valence-electron chi connectivity index (χ4n) is 3.27. The summed E-state index contributed by atoms with van der Waals surface area (Å²) in [6.07, 6.45) is 8.87. The first-order valence-corrected chi connectivity index (χ1v) is 9.96. The zero-order chi connectivity index (χ0) is 20.5. The first-order valence-electron chi connectivity index (χ1n) is 9.14. The number of fused-ring (bicyclic) bond motifs is 2. The lowest BCUT2D eigenvalue weighted by molar-refractivity contribution is -0.140. The molecule has 0 unspecified atom stereocenters. The molecule has 0 saturated heterocycles. The van der Waals surface area contributed by atoms with Gasteiger partial charge in [0.2, 0.25) is 5.91 Å². The molecule has 0 bridgehead atoms. The maximum atomic E-state index is 12.9. The van der Waals surface area contributed by atoms with Crippen LogP contribution in [0.3, 0.4) is 0 Å². The second kappa shape index (κ2) is 7.72. The number of rotatable bonds is 5. The molecule has 1 aromatic heterocycles. The number of carbonyl (C=O) groups is 3. The summed E-state index contributed by atoms with van der Waals surface area (Å²) in [5.74, 6) is -1.86. The van der Waals surface area contributed by atoms with E-state index in [0.29, 0.717) is 30.4 Å². The van der Waals surface area contributed by atoms with E-state index >= 15 is 0 Å². The highest BCUT2D eigenvalue weighted by atomic mass is 32.1. The van der Waals surface area contributed by atoms with Crippen molar-refractivity contribution in [3.8, 4) is 0 Å². The molecule has 4 N–H and O–H groups in total. The molecular formula is C19H19N5O4S. The third-order valence-corrected chi connectivity index (χ3v) is 5.78. The number of hydrogen-bond acceptors (Lipinski definition) is 7. The molecule has 29 heavy (non-hydrogen) atoms. The number of nitrogens with two attached hydrogens (primary N) is 1. The Bertz CT molecular complexity index is 1020. The van der Waals surface area contributed by atoms with Gasteiger partial charge in [-0.1, -0.05) is 29.6 Å². The smallest absolute Gasteiger partial charge is 0.321 e. The largest absolute Gasteiger partial charge is 0.480 e. The van der Waals surface area contributed by atoms with Crippen molar-refractivity contribution in [3.63, 3.8) is 0 Å². The summed E-state index contributed by atoms with van der Waals surface area (Å²) < 4.78 is 0. The number of aliphatic carboxylic acids is 1. The first kappa shape index (κ1) is 19.2. The van der Waals surface area contributed by atoms with E-state index in [0.717, 1.165) is 28.3 Å². The lowest BCUT2D eigenvalue weighted by atomic mass is 10.1. The number of hydrogen-bond donors (Lipinski definition) is 3. The highest BCUT2D eigenvalue weighted by Crippen LogP contribution is 2.30. The van der Waals surface area contributed by atoms with Gasteiger partial charge in [0.1, 0.15) is 11.8 Å². The molecule has 9 nitrogen and oxygen atoms in total. The van der Waals surface area contributed by atoms with Crippen LogP contribution in [0.1, 0.15) is 23.4 Å². The number of anilines is 1. The van der Waals surface area contributed by atoms with Crippen LogP contribution < -0.4 is 11.1 Å². The van der Waals surface area contributed by atoms with E-state index < -0.39 is 17.9 Å². The second-order valence-corrected chi connectivity index (χ2v) is 7.97. The molecule has 2 aliphatic heterocycles. The lowest BCUT2D eigenvalue weighted by Gasteiger charge is -2.25. The van der Waals surface area contributed by atoms with Crippen molar-refractivity contribution in [3.05, 3.63) is 46.1 Å². The molecule has 4 rings (SSSR count). The van der Waals surface area contributed by atoms with E-state index in [4.69, 9.17) is 10.8 Å². The van der Waals surface area contributed by atoms with E-state index in [1.54, 1.807) is 4.90 Å². The van der Waals surface area contributed by atoms with Crippen molar-refractivity contribution in [1.82, 2.24) is 9.88 Å². The summed E-state index contributed by atoms with van der Waals surface area (Å²) in [4.78, 5) is 47.0. The highest BCUT2D eigenvalue weighted by Gasteiger charge is 2.29. The van der Waals surface area contributed by atoms with Gasteiger partial charge in [-0.15, -0.1) is 0 Å². The maximum Gasteiger partial charge on any atom is 0.321 e. The third kappa shape index (κ3) is 4.03. The standard InChI is InChI=1S/C19H19N5O4S/c20-11(18(27)28)8-16(25)23-19-22-13-5-6-24(9-15(13)29-19)17(26)14-7-10-3-1-2-4-12(10)21-14/h1,3-4,7,11H,2,5-6,8-9,20H2,(H,27,28)(H,22,23,25)/t11-/m0/s1. The van der Waals surface area contributed by atoms with E-state index in [1.807, 2.05) is 24.3 Å². The summed E-state index contributed by atoms with van der Waals surface area (Å²) in [7, 11) is 0. The number of carboxylic acids is 1.